The first-order chi connectivity index (χ1) is 11.2. The van der Waals surface area contributed by atoms with Crippen LogP contribution in [-0.2, 0) is 0 Å². The Morgan fingerprint density at radius 2 is 1.52 bits per heavy atom. The second-order valence-corrected chi connectivity index (χ2v) is 5.51. The topological polar surface area (TPSA) is 0 Å². The number of rotatable bonds is 4. The molecule has 0 heterocycles. The Kier molecular flexibility index (Phi) is 7.77. The quantitative estimate of drug-likeness (QED) is 0.481. The third-order valence-electron chi connectivity index (χ3n) is 3.58. The largest absolute Gasteiger partial charge is 0.0984 e. The lowest BCUT2D eigenvalue weighted by molar-refractivity contribution is 1.50. The zero-order valence-corrected chi connectivity index (χ0v) is 16.1. The molecule has 0 unspecified atom stereocenters. The lowest BCUT2D eigenvalue weighted by Crippen LogP contribution is -1.95. The average Bonchev–Trinajstić information content (AvgIpc) is 2.61. The smallest absolute Gasteiger partial charge is 0.0332 e. The lowest BCUT2D eigenvalue weighted by atomic mass is 9.89. The van der Waals surface area contributed by atoms with Crippen LogP contribution in [0.25, 0.3) is 28.5 Å². The van der Waals surface area contributed by atoms with Gasteiger partial charge in [0.2, 0.25) is 0 Å². The minimum atomic E-state index is 1.07. The number of hydrogen-bond donors (Lipinski definition) is 0. The van der Waals surface area contributed by atoms with Gasteiger partial charge in [-0.05, 0) is 62.8 Å². The molecule has 120 valence electrons. The Bertz CT molecular complexity index is 761. The molecule has 0 amide bonds. The summed E-state index contributed by atoms with van der Waals surface area (Å²) in [6.07, 6.45) is 10.1. The van der Waals surface area contributed by atoms with E-state index in [4.69, 9.17) is 0 Å². The molecule has 0 aliphatic carbocycles. The number of hydrogen-bond acceptors (Lipinski definition) is 0. The van der Waals surface area contributed by atoms with Crippen LogP contribution in [-0.4, -0.2) is 0 Å². The van der Waals surface area contributed by atoms with Crippen LogP contribution in [0.15, 0.2) is 60.1 Å². The predicted octanol–water partition coefficient (Wildman–Crippen LogP) is 7.89. The number of fused-ring (bicyclic) bond motifs is 1. The van der Waals surface area contributed by atoms with Crippen molar-refractivity contribution in [3.63, 3.8) is 0 Å². The van der Waals surface area contributed by atoms with E-state index in [1.807, 2.05) is 32.9 Å². The van der Waals surface area contributed by atoms with E-state index in [0.717, 1.165) is 15.6 Å². The monoisotopic (exact) mass is 368 g/mol. The van der Waals surface area contributed by atoms with E-state index >= 15 is 0 Å². The highest BCUT2D eigenvalue weighted by atomic mass is 79.9. The maximum atomic E-state index is 4.01. The third kappa shape index (κ3) is 3.73. The normalized spacial score (nSPS) is 11.3. The molecule has 0 spiro atoms. The molecule has 0 aliphatic heterocycles. The van der Waals surface area contributed by atoms with Crippen molar-refractivity contribution in [2.24, 2.45) is 0 Å². The summed E-state index contributed by atoms with van der Waals surface area (Å²) in [5.74, 6) is 0. The van der Waals surface area contributed by atoms with Gasteiger partial charge in [0.1, 0.15) is 0 Å². The fourth-order valence-corrected chi connectivity index (χ4v) is 3.38. The second-order valence-electron chi connectivity index (χ2n) is 4.71. The van der Waals surface area contributed by atoms with Gasteiger partial charge in [0.25, 0.3) is 0 Å². The van der Waals surface area contributed by atoms with E-state index in [9.17, 15) is 0 Å². The van der Waals surface area contributed by atoms with Crippen molar-refractivity contribution in [3.05, 3.63) is 76.8 Å². The molecular weight excluding hydrogens is 344 g/mol. The van der Waals surface area contributed by atoms with E-state index in [-0.39, 0.29) is 0 Å². The highest BCUT2D eigenvalue weighted by molar-refractivity contribution is 9.10. The second kappa shape index (κ2) is 9.32. The van der Waals surface area contributed by atoms with Gasteiger partial charge in [-0.2, -0.15) is 0 Å². The van der Waals surface area contributed by atoms with Gasteiger partial charge in [0.05, 0.1) is 0 Å². The Labute approximate surface area is 149 Å². The van der Waals surface area contributed by atoms with Crippen LogP contribution >= 0.6 is 15.9 Å². The molecule has 0 N–H and O–H groups in total. The Balaban J connectivity index is 0.00000127. The molecule has 0 fully saturated rings. The standard InChI is InChI=1S/C20H19Br.C2H6/c1-5-11-14(6-2)19-15(7-3)16(8-4)20(21)18-13-10-9-12-17(18)19;1-2/h5-13H,3-4H2,1-2H3;1-2H3/b11-5-,14-6+;. The minimum absolute atomic E-state index is 1.07. The van der Waals surface area contributed by atoms with E-state index in [1.165, 1.54) is 21.9 Å². The van der Waals surface area contributed by atoms with Crippen molar-refractivity contribution in [1.29, 1.82) is 0 Å². The molecule has 2 aromatic carbocycles. The van der Waals surface area contributed by atoms with Crippen molar-refractivity contribution < 1.29 is 0 Å². The van der Waals surface area contributed by atoms with E-state index < -0.39 is 0 Å². The summed E-state index contributed by atoms with van der Waals surface area (Å²) in [6.45, 7) is 16.1. The Hall–Kier alpha value is -1.86. The lowest BCUT2D eigenvalue weighted by Gasteiger charge is -2.17. The SMILES string of the molecule is C=Cc1c(C=C)c(C(/C=C\C)=C/C)c2ccccc2c1Br.CC. The maximum Gasteiger partial charge on any atom is 0.0332 e. The molecule has 0 radical (unpaired) electrons. The summed E-state index contributed by atoms with van der Waals surface area (Å²) in [7, 11) is 0. The molecule has 2 aromatic rings. The Morgan fingerprint density at radius 3 is 2.00 bits per heavy atom. The van der Waals surface area contributed by atoms with Crippen LogP contribution in [0.4, 0.5) is 0 Å². The molecule has 0 nitrogen and oxygen atoms in total. The van der Waals surface area contributed by atoms with Crippen LogP contribution in [0.5, 0.6) is 0 Å². The van der Waals surface area contributed by atoms with Gasteiger partial charge in [-0.25, -0.2) is 0 Å². The molecule has 0 saturated heterocycles. The highest BCUT2D eigenvalue weighted by Crippen LogP contribution is 2.39. The molecule has 0 aliphatic rings. The zero-order chi connectivity index (χ0) is 17.4. The van der Waals surface area contributed by atoms with Gasteiger partial charge < -0.3 is 0 Å². The first kappa shape index (κ1) is 19.2. The van der Waals surface area contributed by atoms with Crippen molar-refractivity contribution in [3.8, 4) is 0 Å². The van der Waals surface area contributed by atoms with Crippen molar-refractivity contribution in [2.45, 2.75) is 27.7 Å². The molecule has 2 rings (SSSR count). The summed E-state index contributed by atoms with van der Waals surface area (Å²) < 4.78 is 1.07. The third-order valence-corrected chi connectivity index (χ3v) is 4.44. The molecule has 0 atom stereocenters. The first-order valence-electron chi connectivity index (χ1n) is 7.98. The predicted molar refractivity (Wildman–Crippen MR) is 112 cm³/mol. The van der Waals surface area contributed by atoms with Gasteiger partial charge in [0.15, 0.2) is 0 Å². The van der Waals surface area contributed by atoms with Crippen LogP contribution < -0.4 is 0 Å². The fraction of sp³-hybridized carbons (Fsp3) is 0.182. The zero-order valence-electron chi connectivity index (χ0n) is 14.5. The summed E-state index contributed by atoms with van der Waals surface area (Å²) in [5.41, 5.74) is 4.60. The van der Waals surface area contributed by atoms with E-state index in [1.54, 1.807) is 0 Å². The van der Waals surface area contributed by atoms with E-state index in [0.29, 0.717) is 0 Å². The van der Waals surface area contributed by atoms with Crippen LogP contribution in [0, 0.1) is 0 Å². The van der Waals surface area contributed by atoms with Crippen molar-refractivity contribution in [1.82, 2.24) is 0 Å². The molecule has 0 aromatic heterocycles. The number of benzene rings is 2. The summed E-state index contributed by atoms with van der Waals surface area (Å²) in [6, 6.07) is 8.41. The summed E-state index contributed by atoms with van der Waals surface area (Å²) >= 11 is 3.72. The van der Waals surface area contributed by atoms with Crippen LogP contribution in [0.2, 0.25) is 0 Å². The van der Waals surface area contributed by atoms with E-state index in [2.05, 4.69) is 78.5 Å². The molecule has 1 heteroatoms. The maximum absolute atomic E-state index is 4.01. The first-order valence-corrected chi connectivity index (χ1v) is 8.77. The van der Waals surface area contributed by atoms with Gasteiger partial charge in [-0.3, -0.25) is 0 Å². The van der Waals surface area contributed by atoms with Crippen molar-refractivity contribution in [2.75, 3.05) is 0 Å². The average molecular weight is 369 g/mol. The minimum Gasteiger partial charge on any atom is -0.0984 e. The van der Waals surface area contributed by atoms with Gasteiger partial charge in [-0.15, -0.1) is 0 Å². The number of halogens is 1. The van der Waals surface area contributed by atoms with Crippen LogP contribution in [0.3, 0.4) is 0 Å². The summed E-state index contributed by atoms with van der Waals surface area (Å²) in [4.78, 5) is 0. The Morgan fingerprint density at radius 1 is 0.957 bits per heavy atom. The van der Waals surface area contributed by atoms with Crippen molar-refractivity contribution >= 4 is 44.4 Å². The molecule has 23 heavy (non-hydrogen) atoms. The summed E-state index contributed by atoms with van der Waals surface area (Å²) in [5, 5.41) is 2.41. The molecular formula is C22H25Br. The van der Waals surface area contributed by atoms with Gasteiger partial charge in [-0.1, -0.05) is 81.7 Å². The van der Waals surface area contributed by atoms with Crippen LogP contribution in [0.1, 0.15) is 44.4 Å². The van der Waals surface area contributed by atoms with Gasteiger partial charge in [0, 0.05) is 4.47 Å². The molecule has 0 bridgehead atoms. The molecule has 0 saturated carbocycles. The number of allylic oxidation sites excluding steroid dienone is 4. The highest BCUT2D eigenvalue weighted by Gasteiger charge is 2.15. The van der Waals surface area contributed by atoms with Gasteiger partial charge >= 0.3 is 0 Å². The fourth-order valence-electron chi connectivity index (χ4n) is 2.66.